The molecule has 2 aliphatic carbocycles. The lowest BCUT2D eigenvalue weighted by Crippen LogP contribution is -2.42. The molecule has 2 aliphatic heterocycles. The minimum Gasteiger partial charge on any atom is -0.484 e. The van der Waals surface area contributed by atoms with Crippen LogP contribution >= 0.6 is 23.1 Å². The zero-order chi connectivity index (χ0) is 31.0. The van der Waals surface area contributed by atoms with Gasteiger partial charge in [0.25, 0.3) is 5.91 Å². The molecular weight excluding hydrogens is 614 g/mol. The van der Waals surface area contributed by atoms with Gasteiger partial charge in [-0.1, -0.05) is 41.2 Å². The molecule has 1 aromatic heterocycles. The number of carbonyl (C=O) groups is 3. The van der Waals surface area contributed by atoms with Crippen molar-refractivity contribution >= 4 is 52.2 Å². The fourth-order valence-corrected chi connectivity index (χ4v) is 10.9. The Morgan fingerprint density at radius 2 is 1.64 bits per heavy atom. The fourth-order valence-electron chi connectivity index (χ4n) is 7.99. The van der Waals surface area contributed by atoms with E-state index in [4.69, 9.17) is 4.74 Å². The van der Waals surface area contributed by atoms with Gasteiger partial charge in [-0.2, -0.15) is 0 Å². The monoisotopic (exact) mass is 641 g/mol. The molecule has 3 heterocycles. The van der Waals surface area contributed by atoms with E-state index in [-0.39, 0.29) is 75.8 Å². The lowest BCUT2D eigenvalue weighted by molar-refractivity contribution is -0.123. The van der Waals surface area contributed by atoms with Crippen LogP contribution in [0.2, 0.25) is 0 Å². The van der Waals surface area contributed by atoms with Crippen molar-refractivity contribution in [2.24, 2.45) is 29.6 Å². The molecule has 228 valence electrons. The quantitative estimate of drug-likeness (QED) is 0.266. The van der Waals surface area contributed by atoms with Gasteiger partial charge in [0.15, 0.2) is 6.61 Å². The molecule has 3 amide bonds. The maximum Gasteiger partial charge on any atom is 0.305 e. The first-order valence-electron chi connectivity index (χ1n) is 14.9. The first-order valence-corrected chi connectivity index (χ1v) is 16.6. The number of imide groups is 1. The van der Waals surface area contributed by atoms with E-state index < -0.39 is 0 Å². The molecule has 3 fully saturated rings. The van der Waals surface area contributed by atoms with Crippen LogP contribution in [0.3, 0.4) is 0 Å². The second kappa shape index (κ2) is 10.7. The van der Waals surface area contributed by atoms with Crippen molar-refractivity contribution in [3.05, 3.63) is 104 Å². The topological polar surface area (TPSA) is 109 Å². The van der Waals surface area contributed by atoms with Crippen LogP contribution in [0.1, 0.15) is 28.3 Å². The number of halogens is 1. The van der Waals surface area contributed by atoms with Crippen LogP contribution in [0.5, 0.6) is 5.75 Å². The van der Waals surface area contributed by atoms with Gasteiger partial charge in [0.05, 0.1) is 22.5 Å². The standard InChI is InChI=1S/C34H28FN3O5S2/c1-16-2-10-20(11-3-16)38-32(40)27-22-14-23(28(27)33(38)41)29-26(22)25(30-31(44-29)37-34(42)45-30)17-4-12-21(13-5-17)43-15-24(39)36-19-8-6-18(35)7-9-19/h2-13,22-23,25-29H,14-15H2,1H3,(H,36,39)(H,37,42)/t22-,23-,25+,26-,27+,28+,29-/m1/s1. The van der Waals surface area contributed by atoms with Gasteiger partial charge in [0.1, 0.15) is 11.6 Å². The highest BCUT2D eigenvalue weighted by atomic mass is 32.2. The summed E-state index contributed by atoms with van der Waals surface area (Å²) < 4.78 is 18.9. The van der Waals surface area contributed by atoms with E-state index in [2.05, 4.69) is 10.3 Å². The van der Waals surface area contributed by atoms with Crippen molar-refractivity contribution in [2.45, 2.75) is 29.5 Å². The van der Waals surface area contributed by atoms with Crippen LogP contribution in [-0.4, -0.2) is 34.6 Å². The minimum atomic E-state index is -0.385. The van der Waals surface area contributed by atoms with Gasteiger partial charge in [-0.3, -0.25) is 24.1 Å². The maximum absolute atomic E-state index is 13.9. The molecule has 2 saturated carbocycles. The lowest BCUT2D eigenvalue weighted by atomic mass is 9.68. The number of aryl methyl sites for hydroxylation is 1. The van der Waals surface area contributed by atoms with E-state index >= 15 is 0 Å². The molecule has 4 aromatic rings. The maximum atomic E-state index is 13.9. The summed E-state index contributed by atoms with van der Waals surface area (Å²) in [5.74, 6) is -1.14. The molecule has 0 unspecified atom stereocenters. The van der Waals surface area contributed by atoms with E-state index in [9.17, 15) is 23.6 Å². The third-order valence-corrected chi connectivity index (χ3v) is 12.3. The normalized spacial score (nSPS) is 27.7. The Kier molecular flexibility index (Phi) is 6.72. The van der Waals surface area contributed by atoms with Gasteiger partial charge < -0.3 is 15.0 Å². The molecule has 0 spiro atoms. The predicted octanol–water partition coefficient (Wildman–Crippen LogP) is 5.58. The van der Waals surface area contributed by atoms with E-state index in [1.807, 2.05) is 55.5 Å². The number of hydrogen-bond donors (Lipinski definition) is 2. The molecule has 0 radical (unpaired) electrons. The summed E-state index contributed by atoms with van der Waals surface area (Å²) in [6.45, 7) is 1.76. The van der Waals surface area contributed by atoms with Crippen molar-refractivity contribution in [1.29, 1.82) is 0 Å². The first kappa shape index (κ1) is 28.3. The highest BCUT2D eigenvalue weighted by Gasteiger charge is 2.69. The number of H-pyrrole nitrogens is 1. The van der Waals surface area contributed by atoms with E-state index in [0.29, 0.717) is 17.1 Å². The molecule has 8 nitrogen and oxygen atoms in total. The number of thiazole rings is 1. The summed E-state index contributed by atoms with van der Waals surface area (Å²) in [6.07, 6.45) is 0.816. The molecule has 3 aromatic carbocycles. The Labute approximate surface area is 266 Å². The SMILES string of the molecule is Cc1ccc(N2C(=O)[C@H]3[C@H]4C[C@@H]([C@@H]3C2=O)[C@@H]2[C@H](c3ccc(OCC(=O)Nc5ccc(F)cc5)cc3)c3sc(=O)[nH]c3S[C@H]42)cc1. The summed E-state index contributed by atoms with van der Waals surface area (Å²) in [5, 5.41) is 3.63. The van der Waals surface area contributed by atoms with Gasteiger partial charge in [-0.15, -0.1) is 11.8 Å². The summed E-state index contributed by atoms with van der Waals surface area (Å²) in [7, 11) is 0. The van der Waals surface area contributed by atoms with Crippen LogP contribution in [0, 0.1) is 42.3 Å². The third-order valence-electron chi connectivity index (χ3n) is 9.75. The number of rotatable bonds is 6. The molecule has 4 aliphatic rings. The number of carbonyl (C=O) groups excluding carboxylic acids is 3. The number of thioether (sulfide) groups is 1. The number of hydrogen-bond acceptors (Lipinski definition) is 7. The van der Waals surface area contributed by atoms with Gasteiger partial charge in [0, 0.05) is 21.7 Å². The van der Waals surface area contributed by atoms with Gasteiger partial charge in [0.2, 0.25) is 11.8 Å². The first-order chi connectivity index (χ1) is 21.8. The summed E-state index contributed by atoms with van der Waals surface area (Å²) in [6, 6.07) is 20.6. The number of amides is 3. The number of nitrogens with zero attached hydrogens (tertiary/aromatic N) is 1. The number of benzene rings is 3. The predicted molar refractivity (Wildman–Crippen MR) is 169 cm³/mol. The fraction of sp³-hybridized carbons (Fsp3) is 0.294. The Balaban J connectivity index is 1.05. The molecular formula is C34H28FN3O5S2. The van der Waals surface area contributed by atoms with Gasteiger partial charge in [-0.05, 0) is 85.2 Å². The molecule has 45 heavy (non-hydrogen) atoms. The minimum absolute atomic E-state index is 0.0193. The van der Waals surface area contributed by atoms with Crippen molar-refractivity contribution in [2.75, 3.05) is 16.8 Å². The van der Waals surface area contributed by atoms with Crippen molar-refractivity contribution in [3.8, 4) is 5.75 Å². The number of anilines is 2. The smallest absolute Gasteiger partial charge is 0.305 e. The Hall–Kier alpha value is -4.22. The summed E-state index contributed by atoms with van der Waals surface area (Å²) in [5.41, 5.74) is 3.17. The zero-order valence-electron chi connectivity index (χ0n) is 24.1. The summed E-state index contributed by atoms with van der Waals surface area (Å²) >= 11 is 2.87. The van der Waals surface area contributed by atoms with Crippen LogP contribution in [0.4, 0.5) is 15.8 Å². The average Bonchev–Trinajstić information content (AvgIpc) is 3.77. The van der Waals surface area contributed by atoms with Gasteiger partial charge in [-0.25, -0.2) is 4.39 Å². The number of aromatic amines is 1. The van der Waals surface area contributed by atoms with E-state index in [1.165, 1.54) is 40.5 Å². The van der Waals surface area contributed by atoms with E-state index in [1.54, 1.807) is 11.8 Å². The second-order valence-corrected chi connectivity index (χ2v) is 14.4. The van der Waals surface area contributed by atoms with Crippen LogP contribution in [-0.2, 0) is 14.4 Å². The largest absolute Gasteiger partial charge is 0.484 e. The molecule has 1 saturated heterocycles. The Morgan fingerprint density at radius 3 is 2.36 bits per heavy atom. The van der Waals surface area contributed by atoms with Crippen molar-refractivity contribution < 1.29 is 23.5 Å². The highest BCUT2D eigenvalue weighted by molar-refractivity contribution is 8.00. The van der Waals surface area contributed by atoms with Crippen molar-refractivity contribution in [3.63, 3.8) is 0 Å². The molecule has 7 atom stereocenters. The number of nitrogens with one attached hydrogen (secondary N) is 2. The van der Waals surface area contributed by atoms with E-state index in [0.717, 1.165) is 27.5 Å². The number of fused-ring (bicyclic) bond motifs is 9. The summed E-state index contributed by atoms with van der Waals surface area (Å²) in [4.78, 5) is 57.9. The zero-order valence-corrected chi connectivity index (χ0v) is 25.7. The van der Waals surface area contributed by atoms with Crippen LogP contribution in [0.25, 0.3) is 0 Å². The average molecular weight is 642 g/mol. The molecule has 2 bridgehead atoms. The molecule has 11 heteroatoms. The van der Waals surface area contributed by atoms with Gasteiger partial charge >= 0.3 is 4.87 Å². The Bertz CT molecular complexity index is 1890. The lowest BCUT2D eigenvalue weighted by Gasteiger charge is -2.43. The van der Waals surface area contributed by atoms with Crippen molar-refractivity contribution in [1.82, 2.24) is 4.98 Å². The van der Waals surface area contributed by atoms with Crippen LogP contribution in [0.15, 0.2) is 82.6 Å². The molecule has 2 N–H and O–H groups in total. The molecule has 8 rings (SSSR count). The third kappa shape index (κ3) is 4.63. The number of aromatic nitrogens is 1. The number of ether oxygens (including phenoxy) is 1. The van der Waals surface area contributed by atoms with Crippen LogP contribution < -0.4 is 19.8 Å². The Morgan fingerprint density at radius 1 is 0.956 bits per heavy atom. The highest BCUT2D eigenvalue weighted by Crippen LogP contribution is 2.68. The second-order valence-electron chi connectivity index (χ2n) is 12.2.